The van der Waals surface area contributed by atoms with Crippen molar-refractivity contribution in [2.24, 2.45) is 0 Å². The van der Waals surface area contributed by atoms with E-state index in [0.29, 0.717) is 30.9 Å². The van der Waals surface area contributed by atoms with Crippen molar-refractivity contribution in [1.29, 1.82) is 0 Å². The number of aromatic nitrogens is 2. The van der Waals surface area contributed by atoms with Crippen LogP contribution >= 0.6 is 0 Å². The fraction of sp³-hybridized carbons (Fsp3) is 0.350. The van der Waals surface area contributed by atoms with Crippen molar-refractivity contribution in [3.8, 4) is 11.3 Å². The Kier molecular flexibility index (Phi) is 5.21. The van der Waals surface area contributed by atoms with Crippen LogP contribution in [0.4, 0.5) is 13.6 Å². The number of halogens is 2. The van der Waals surface area contributed by atoms with Gasteiger partial charge in [0.25, 0.3) is 0 Å². The summed E-state index contributed by atoms with van der Waals surface area (Å²) in [5, 5.41) is 0. The molecular weight excluding hydrogens is 352 g/mol. The maximum atomic E-state index is 14.0. The van der Waals surface area contributed by atoms with Crippen molar-refractivity contribution in [3.05, 3.63) is 54.0 Å². The van der Waals surface area contributed by atoms with Gasteiger partial charge in [-0.25, -0.2) is 23.5 Å². The zero-order valence-electron chi connectivity index (χ0n) is 15.5. The van der Waals surface area contributed by atoms with Crippen LogP contribution in [0.25, 0.3) is 16.8 Å². The molecule has 1 amide bonds. The van der Waals surface area contributed by atoms with E-state index >= 15 is 0 Å². The lowest BCUT2D eigenvalue weighted by atomic mass is 10.0. The van der Waals surface area contributed by atoms with Gasteiger partial charge in [0.2, 0.25) is 0 Å². The second kappa shape index (κ2) is 7.42. The van der Waals surface area contributed by atoms with Gasteiger partial charge in [0.1, 0.15) is 11.9 Å². The number of hydrogen-bond donors (Lipinski definition) is 0. The Morgan fingerprint density at radius 1 is 1.19 bits per heavy atom. The molecule has 5 nitrogen and oxygen atoms in total. The molecule has 0 saturated heterocycles. The number of carbonyl (C=O) groups is 1. The van der Waals surface area contributed by atoms with Crippen LogP contribution in [0.3, 0.4) is 0 Å². The zero-order chi connectivity index (χ0) is 19.6. The fourth-order valence-corrected chi connectivity index (χ4v) is 2.78. The third-order valence-electron chi connectivity index (χ3n) is 4.08. The second-order valence-corrected chi connectivity index (χ2v) is 7.30. The molecule has 1 aliphatic heterocycles. The van der Waals surface area contributed by atoms with Crippen LogP contribution < -0.4 is 0 Å². The van der Waals surface area contributed by atoms with Crippen LogP contribution in [0.15, 0.2) is 36.7 Å². The molecule has 0 fully saturated rings. The summed E-state index contributed by atoms with van der Waals surface area (Å²) in [5.41, 5.74) is 1.41. The first-order chi connectivity index (χ1) is 12.7. The molecule has 2 aromatic rings. The Hall–Kier alpha value is -2.83. The molecule has 3 rings (SSSR count). The van der Waals surface area contributed by atoms with Gasteiger partial charge in [-0.05, 0) is 51.0 Å². The summed E-state index contributed by atoms with van der Waals surface area (Å²) in [6.07, 6.45) is 3.45. The van der Waals surface area contributed by atoms with E-state index in [2.05, 4.69) is 9.97 Å². The molecule has 2 heterocycles. The summed E-state index contributed by atoms with van der Waals surface area (Å²) in [5.74, 6) is -1.85. The van der Waals surface area contributed by atoms with E-state index in [1.54, 1.807) is 11.0 Å². The van der Waals surface area contributed by atoms with Crippen molar-refractivity contribution < 1.29 is 18.3 Å². The predicted octanol–water partition coefficient (Wildman–Crippen LogP) is 4.45. The number of benzene rings is 1. The molecule has 142 valence electrons. The van der Waals surface area contributed by atoms with E-state index in [9.17, 15) is 13.6 Å². The van der Waals surface area contributed by atoms with Crippen LogP contribution in [0.1, 0.15) is 32.9 Å². The van der Waals surface area contributed by atoms with Gasteiger partial charge in [0.05, 0.1) is 11.4 Å². The minimum atomic E-state index is -0.934. The average Bonchev–Trinajstić information content (AvgIpc) is 2.63. The van der Waals surface area contributed by atoms with Gasteiger partial charge < -0.3 is 9.64 Å². The molecule has 0 saturated carbocycles. The highest BCUT2D eigenvalue weighted by Crippen LogP contribution is 2.27. The molecule has 0 aliphatic carbocycles. The van der Waals surface area contributed by atoms with E-state index in [4.69, 9.17) is 4.74 Å². The molecule has 1 aromatic heterocycles. The quantitative estimate of drug-likeness (QED) is 0.781. The Bertz CT molecular complexity index is 891. The molecule has 0 bridgehead atoms. The molecule has 1 aliphatic rings. The number of hydrogen-bond acceptors (Lipinski definition) is 4. The largest absolute Gasteiger partial charge is 0.444 e. The maximum absolute atomic E-state index is 14.0. The fourth-order valence-electron chi connectivity index (χ4n) is 2.78. The van der Waals surface area contributed by atoms with Crippen LogP contribution in [0.2, 0.25) is 0 Å². The van der Waals surface area contributed by atoms with Gasteiger partial charge in [-0.3, -0.25) is 0 Å². The first kappa shape index (κ1) is 18.9. The van der Waals surface area contributed by atoms with Gasteiger partial charge in [-0.2, -0.15) is 0 Å². The highest BCUT2D eigenvalue weighted by atomic mass is 19.2. The Labute approximate surface area is 156 Å². The summed E-state index contributed by atoms with van der Waals surface area (Å²) in [4.78, 5) is 22.1. The zero-order valence-corrected chi connectivity index (χ0v) is 15.5. The standard InChI is InChI=1S/C20H21F2N3O2/c1-20(2,3)27-19(26)25-9-7-13(8-10-25)16-11-17(24-12-23-16)14-5-4-6-15(21)18(14)22/h4-7,11-12H,8-10H2,1-3H3. The van der Waals surface area contributed by atoms with Gasteiger partial charge >= 0.3 is 6.09 Å². The SMILES string of the molecule is CC(C)(C)OC(=O)N1CC=C(c2cc(-c3cccc(F)c3F)ncn2)CC1. The number of rotatable bonds is 2. The molecule has 0 unspecified atom stereocenters. The van der Waals surface area contributed by atoms with Crippen LogP contribution in [-0.2, 0) is 4.74 Å². The highest BCUT2D eigenvalue weighted by molar-refractivity contribution is 5.73. The normalized spacial score (nSPS) is 14.7. The first-order valence-corrected chi connectivity index (χ1v) is 8.68. The van der Waals surface area contributed by atoms with E-state index in [-0.39, 0.29) is 11.7 Å². The summed E-state index contributed by atoms with van der Waals surface area (Å²) >= 11 is 0. The summed E-state index contributed by atoms with van der Waals surface area (Å²) in [6.45, 7) is 6.37. The number of ether oxygens (including phenoxy) is 1. The van der Waals surface area contributed by atoms with Crippen LogP contribution in [0, 0.1) is 11.6 Å². The monoisotopic (exact) mass is 373 g/mol. The van der Waals surface area contributed by atoms with Gasteiger partial charge in [0.15, 0.2) is 11.6 Å². The van der Waals surface area contributed by atoms with Crippen molar-refractivity contribution in [3.63, 3.8) is 0 Å². The highest BCUT2D eigenvalue weighted by Gasteiger charge is 2.24. The van der Waals surface area contributed by atoms with Crippen LogP contribution in [-0.4, -0.2) is 39.7 Å². The maximum Gasteiger partial charge on any atom is 0.410 e. The van der Waals surface area contributed by atoms with E-state index in [1.165, 1.54) is 18.5 Å². The summed E-state index contributed by atoms with van der Waals surface area (Å²) in [7, 11) is 0. The number of nitrogens with zero attached hydrogens (tertiary/aromatic N) is 3. The predicted molar refractivity (Wildman–Crippen MR) is 97.8 cm³/mol. The topological polar surface area (TPSA) is 55.3 Å². The number of carbonyl (C=O) groups excluding carboxylic acids is 1. The minimum absolute atomic E-state index is 0.0884. The number of amides is 1. The smallest absolute Gasteiger partial charge is 0.410 e. The lowest BCUT2D eigenvalue weighted by Gasteiger charge is -2.29. The Morgan fingerprint density at radius 2 is 1.93 bits per heavy atom. The van der Waals surface area contributed by atoms with Crippen molar-refractivity contribution in [2.75, 3.05) is 13.1 Å². The summed E-state index contributed by atoms with van der Waals surface area (Å²) < 4.78 is 32.9. The molecule has 0 atom stereocenters. The Balaban J connectivity index is 1.79. The van der Waals surface area contributed by atoms with Crippen molar-refractivity contribution in [1.82, 2.24) is 14.9 Å². The van der Waals surface area contributed by atoms with Gasteiger partial charge in [-0.1, -0.05) is 12.1 Å². The second-order valence-electron chi connectivity index (χ2n) is 7.30. The van der Waals surface area contributed by atoms with Crippen molar-refractivity contribution >= 4 is 11.7 Å². The molecule has 7 heteroatoms. The van der Waals surface area contributed by atoms with Gasteiger partial charge in [-0.15, -0.1) is 0 Å². The summed E-state index contributed by atoms with van der Waals surface area (Å²) in [6, 6.07) is 5.61. The molecule has 0 N–H and O–H groups in total. The van der Waals surface area contributed by atoms with E-state index < -0.39 is 17.2 Å². The molecular formula is C20H21F2N3O2. The van der Waals surface area contributed by atoms with Gasteiger partial charge in [0, 0.05) is 18.7 Å². The minimum Gasteiger partial charge on any atom is -0.444 e. The Morgan fingerprint density at radius 3 is 2.59 bits per heavy atom. The third-order valence-corrected chi connectivity index (χ3v) is 4.08. The van der Waals surface area contributed by atoms with E-state index in [0.717, 1.165) is 11.6 Å². The third kappa shape index (κ3) is 4.48. The van der Waals surface area contributed by atoms with Crippen LogP contribution in [0.5, 0.6) is 0 Å². The molecule has 0 radical (unpaired) electrons. The molecule has 1 aromatic carbocycles. The molecule has 27 heavy (non-hydrogen) atoms. The van der Waals surface area contributed by atoms with Crippen molar-refractivity contribution in [2.45, 2.75) is 32.8 Å². The lowest BCUT2D eigenvalue weighted by molar-refractivity contribution is 0.0270. The lowest BCUT2D eigenvalue weighted by Crippen LogP contribution is -2.39. The average molecular weight is 373 g/mol. The molecule has 0 spiro atoms. The first-order valence-electron chi connectivity index (χ1n) is 8.68. The van der Waals surface area contributed by atoms with E-state index in [1.807, 2.05) is 26.8 Å².